The van der Waals surface area contributed by atoms with Crippen LogP contribution in [0, 0.1) is 11.3 Å². The van der Waals surface area contributed by atoms with Crippen molar-refractivity contribution in [3.05, 3.63) is 0 Å². The summed E-state index contributed by atoms with van der Waals surface area (Å²) < 4.78 is 5.33. The molecule has 4 unspecified atom stereocenters. The van der Waals surface area contributed by atoms with Crippen molar-refractivity contribution in [2.45, 2.75) is 18.5 Å². The van der Waals surface area contributed by atoms with Gasteiger partial charge in [0.1, 0.15) is 0 Å². The Morgan fingerprint density at radius 3 is 3.08 bits per heavy atom. The highest BCUT2D eigenvalue weighted by Crippen LogP contribution is 2.57. The summed E-state index contributed by atoms with van der Waals surface area (Å²) >= 11 is 0. The molecule has 1 saturated carbocycles. The van der Waals surface area contributed by atoms with Crippen molar-refractivity contribution >= 4 is 5.97 Å². The van der Waals surface area contributed by atoms with Gasteiger partial charge in [-0.25, -0.2) is 0 Å². The molecule has 0 amide bonds. The van der Waals surface area contributed by atoms with Crippen LogP contribution >= 0.6 is 0 Å². The Hall–Kier alpha value is -0.610. The molecule has 3 fully saturated rings. The predicted octanol–water partition coefficient (Wildman–Crippen LogP) is -0.552. The minimum absolute atomic E-state index is 0.164. The molecule has 0 aromatic carbocycles. The maximum atomic E-state index is 10.7. The van der Waals surface area contributed by atoms with E-state index in [0.29, 0.717) is 6.04 Å². The number of carbonyl (C=O) groups is 1. The van der Waals surface area contributed by atoms with E-state index in [4.69, 9.17) is 9.84 Å². The van der Waals surface area contributed by atoms with Gasteiger partial charge >= 0.3 is 5.97 Å². The van der Waals surface area contributed by atoms with Gasteiger partial charge in [-0.15, -0.1) is 0 Å². The molecule has 12 heavy (non-hydrogen) atoms. The third-order valence-electron chi connectivity index (χ3n) is 3.67. The fraction of sp³-hybridized carbons (Fsp3) is 0.875. The molecule has 0 aromatic heterocycles. The van der Waals surface area contributed by atoms with E-state index in [1.807, 2.05) is 0 Å². The molecule has 2 saturated heterocycles. The standard InChI is InChI=1S/C8H11NO3/c10-7(11)4-1-8-3-12-2-5(8)9-6(4)8/h4-6,9H,1-3H2,(H,10,11). The van der Waals surface area contributed by atoms with Crippen molar-refractivity contribution in [2.24, 2.45) is 11.3 Å². The van der Waals surface area contributed by atoms with Crippen molar-refractivity contribution in [3.8, 4) is 0 Å². The van der Waals surface area contributed by atoms with Gasteiger partial charge in [-0.05, 0) is 6.42 Å². The van der Waals surface area contributed by atoms with Crippen molar-refractivity contribution in [3.63, 3.8) is 0 Å². The van der Waals surface area contributed by atoms with E-state index in [1.54, 1.807) is 0 Å². The van der Waals surface area contributed by atoms with Crippen LogP contribution < -0.4 is 5.32 Å². The Bertz CT molecular complexity index is 255. The zero-order chi connectivity index (χ0) is 8.34. The quantitative estimate of drug-likeness (QED) is 0.553. The van der Waals surface area contributed by atoms with Gasteiger partial charge in [0.15, 0.2) is 0 Å². The minimum atomic E-state index is -0.663. The molecule has 0 bridgehead atoms. The summed E-state index contributed by atoms with van der Waals surface area (Å²) in [5, 5.41) is 12.0. The van der Waals surface area contributed by atoms with Gasteiger partial charge in [-0.3, -0.25) is 4.79 Å². The number of aliphatic carboxylic acids is 1. The number of hydrogen-bond acceptors (Lipinski definition) is 3. The first kappa shape index (κ1) is 6.86. The summed E-state index contributed by atoms with van der Waals surface area (Å²) in [7, 11) is 0. The normalized spacial score (nSPS) is 54.8. The molecular formula is C8H11NO3. The second-order valence-corrected chi connectivity index (χ2v) is 4.09. The highest BCUT2D eigenvalue weighted by Gasteiger charge is 2.70. The van der Waals surface area contributed by atoms with Gasteiger partial charge in [0, 0.05) is 17.5 Å². The average Bonchev–Trinajstić information content (AvgIpc) is 2.38. The minimum Gasteiger partial charge on any atom is -0.481 e. The van der Waals surface area contributed by atoms with Crippen LogP contribution in [0.25, 0.3) is 0 Å². The smallest absolute Gasteiger partial charge is 0.308 e. The third-order valence-corrected chi connectivity index (χ3v) is 3.67. The molecule has 0 radical (unpaired) electrons. The molecule has 2 N–H and O–H groups in total. The van der Waals surface area contributed by atoms with Crippen LogP contribution in [0.1, 0.15) is 6.42 Å². The third kappa shape index (κ3) is 0.528. The fourth-order valence-electron chi connectivity index (χ4n) is 2.88. The summed E-state index contributed by atoms with van der Waals surface area (Å²) in [6.45, 7) is 1.53. The van der Waals surface area contributed by atoms with Gasteiger partial charge < -0.3 is 15.2 Å². The van der Waals surface area contributed by atoms with E-state index in [0.717, 1.165) is 19.6 Å². The second-order valence-electron chi connectivity index (χ2n) is 4.09. The molecule has 0 aromatic rings. The summed E-state index contributed by atoms with van der Waals surface area (Å²) in [6, 6.07) is 0.639. The van der Waals surface area contributed by atoms with Crippen LogP contribution in [-0.4, -0.2) is 36.4 Å². The largest absolute Gasteiger partial charge is 0.481 e. The Balaban J connectivity index is 1.80. The number of ether oxygens (including phenoxy) is 1. The SMILES string of the molecule is O=C(O)C1CC23COCC2NC13. The van der Waals surface area contributed by atoms with Crippen LogP contribution in [-0.2, 0) is 9.53 Å². The summed E-state index contributed by atoms with van der Waals surface area (Å²) in [6.07, 6.45) is 0.810. The maximum absolute atomic E-state index is 10.7. The first-order valence-electron chi connectivity index (χ1n) is 4.31. The zero-order valence-electron chi connectivity index (χ0n) is 6.62. The topological polar surface area (TPSA) is 58.6 Å². The van der Waals surface area contributed by atoms with Crippen molar-refractivity contribution in [1.82, 2.24) is 5.32 Å². The van der Waals surface area contributed by atoms with Gasteiger partial charge in [0.25, 0.3) is 0 Å². The lowest BCUT2D eigenvalue weighted by molar-refractivity contribution is -0.168. The lowest BCUT2D eigenvalue weighted by atomic mass is 9.50. The number of piperidine rings is 1. The number of carboxylic acids is 1. The lowest BCUT2D eigenvalue weighted by Gasteiger charge is -2.63. The molecule has 2 heterocycles. The Kier molecular flexibility index (Phi) is 1.04. The average molecular weight is 169 g/mol. The maximum Gasteiger partial charge on any atom is 0.308 e. The van der Waals surface area contributed by atoms with Crippen LogP contribution in [0.5, 0.6) is 0 Å². The monoisotopic (exact) mass is 169 g/mol. The molecule has 1 aliphatic carbocycles. The molecule has 66 valence electrons. The van der Waals surface area contributed by atoms with Gasteiger partial charge in [0.05, 0.1) is 19.1 Å². The number of carboxylic acid groups (broad SMARTS) is 1. The molecular weight excluding hydrogens is 158 g/mol. The van der Waals surface area contributed by atoms with Gasteiger partial charge in [0.2, 0.25) is 0 Å². The summed E-state index contributed by atoms with van der Waals surface area (Å²) in [4.78, 5) is 10.7. The first-order valence-corrected chi connectivity index (χ1v) is 4.31. The predicted molar refractivity (Wildman–Crippen MR) is 39.7 cm³/mol. The van der Waals surface area contributed by atoms with E-state index in [9.17, 15) is 4.79 Å². The highest BCUT2D eigenvalue weighted by molar-refractivity contribution is 5.73. The van der Waals surface area contributed by atoms with Gasteiger partial charge in [-0.1, -0.05) is 0 Å². The van der Waals surface area contributed by atoms with Gasteiger partial charge in [-0.2, -0.15) is 0 Å². The molecule has 2 aliphatic heterocycles. The Morgan fingerprint density at radius 1 is 1.67 bits per heavy atom. The van der Waals surface area contributed by atoms with E-state index in [1.165, 1.54) is 0 Å². The van der Waals surface area contributed by atoms with Crippen molar-refractivity contribution < 1.29 is 14.6 Å². The number of nitrogens with one attached hydrogen (secondary N) is 1. The number of hydrogen-bond donors (Lipinski definition) is 2. The number of rotatable bonds is 1. The molecule has 1 spiro atoms. The molecule has 4 nitrogen and oxygen atoms in total. The van der Waals surface area contributed by atoms with Crippen molar-refractivity contribution in [1.29, 1.82) is 0 Å². The second kappa shape index (κ2) is 1.83. The molecule has 4 heteroatoms. The Labute approximate surface area is 69.9 Å². The van der Waals surface area contributed by atoms with E-state index < -0.39 is 5.97 Å². The van der Waals surface area contributed by atoms with Crippen molar-refractivity contribution in [2.75, 3.05) is 13.2 Å². The van der Waals surface area contributed by atoms with Crippen LogP contribution in [0.15, 0.2) is 0 Å². The van der Waals surface area contributed by atoms with E-state index in [2.05, 4.69) is 5.32 Å². The summed E-state index contributed by atoms with van der Waals surface area (Å²) in [5.41, 5.74) is 0.211. The zero-order valence-corrected chi connectivity index (χ0v) is 6.62. The molecule has 3 rings (SSSR count). The van der Waals surface area contributed by atoms with Crippen LogP contribution in [0.2, 0.25) is 0 Å². The van der Waals surface area contributed by atoms with Crippen LogP contribution in [0.4, 0.5) is 0 Å². The highest BCUT2D eigenvalue weighted by atomic mass is 16.5. The first-order chi connectivity index (χ1) is 5.74. The molecule has 3 aliphatic rings. The lowest BCUT2D eigenvalue weighted by Crippen LogP contribution is -2.80. The van der Waals surface area contributed by atoms with E-state index >= 15 is 0 Å². The molecule has 4 atom stereocenters. The van der Waals surface area contributed by atoms with E-state index in [-0.39, 0.29) is 17.4 Å². The Morgan fingerprint density at radius 2 is 2.50 bits per heavy atom. The summed E-state index contributed by atoms with van der Waals surface area (Å²) in [5.74, 6) is -0.827. The van der Waals surface area contributed by atoms with Crippen LogP contribution in [0.3, 0.4) is 0 Å². The fourth-order valence-corrected chi connectivity index (χ4v) is 2.88.